The van der Waals surface area contributed by atoms with Crippen molar-refractivity contribution in [3.05, 3.63) is 64.2 Å². The Morgan fingerprint density at radius 3 is 2.32 bits per heavy atom. The summed E-state index contributed by atoms with van der Waals surface area (Å²) in [5.41, 5.74) is 2.62. The molecule has 0 amide bonds. The SMILES string of the molecule is CCCCCC#Cc1ccc(C#Cc2cc(F)c(N=C=S)c(F)c2)c(CC)c1. The second-order valence-electron chi connectivity index (χ2n) is 6.23. The van der Waals surface area contributed by atoms with E-state index in [2.05, 4.69) is 47.8 Å². The Kier molecular flexibility index (Phi) is 8.57. The minimum absolute atomic E-state index is 0.236. The van der Waals surface area contributed by atoms with Gasteiger partial charge in [0.2, 0.25) is 0 Å². The number of hydrogen-bond acceptors (Lipinski definition) is 2. The quantitative estimate of drug-likeness (QED) is 0.241. The number of thiocarbonyl (C=S) groups is 1. The van der Waals surface area contributed by atoms with Crippen molar-refractivity contribution in [2.75, 3.05) is 0 Å². The summed E-state index contributed by atoms with van der Waals surface area (Å²) in [6, 6.07) is 8.13. The molecule has 142 valence electrons. The van der Waals surface area contributed by atoms with Gasteiger partial charge in [-0.15, -0.1) is 0 Å². The number of isothiocyanates is 1. The molecule has 0 saturated heterocycles. The van der Waals surface area contributed by atoms with Gasteiger partial charge >= 0.3 is 0 Å². The van der Waals surface area contributed by atoms with Crippen LogP contribution in [0.5, 0.6) is 0 Å². The Bertz CT molecular complexity index is 989. The molecule has 0 aliphatic rings. The molecule has 0 saturated carbocycles. The van der Waals surface area contributed by atoms with Crippen LogP contribution in [-0.2, 0) is 6.42 Å². The fraction of sp³-hybridized carbons (Fsp3) is 0.292. The largest absolute Gasteiger partial charge is 0.204 e. The average Bonchev–Trinajstić information content (AvgIpc) is 2.69. The van der Waals surface area contributed by atoms with Crippen LogP contribution in [0.2, 0.25) is 0 Å². The molecule has 1 nitrogen and oxygen atoms in total. The lowest BCUT2D eigenvalue weighted by Crippen LogP contribution is -1.90. The molecule has 0 aromatic heterocycles. The first-order valence-corrected chi connectivity index (χ1v) is 9.70. The third kappa shape index (κ3) is 6.14. The summed E-state index contributed by atoms with van der Waals surface area (Å²) in [6.45, 7) is 4.21. The number of aryl methyl sites for hydroxylation is 1. The van der Waals surface area contributed by atoms with Crippen molar-refractivity contribution in [2.45, 2.75) is 46.0 Å². The van der Waals surface area contributed by atoms with Gasteiger partial charge in [0.1, 0.15) is 5.69 Å². The molecule has 0 aliphatic heterocycles. The van der Waals surface area contributed by atoms with Gasteiger partial charge in [0.05, 0.1) is 5.16 Å². The van der Waals surface area contributed by atoms with Crippen LogP contribution in [0.3, 0.4) is 0 Å². The second-order valence-corrected chi connectivity index (χ2v) is 6.41. The van der Waals surface area contributed by atoms with E-state index in [-0.39, 0.29) is 5.56 Å². The maximum Gasteiger partial charge on any atom is 0.153 e. The number of nitrogens with zero attached hydrogens (tertiary/aromatic N) is 1. The van der Waals surface area contributed by atoms with Crippen molar-refractivity contribution in [3.63, 3.8) is 0 Å². The maximum atomic E-state index is 13.9. The van der Waals surface area contributed by atoms with E-state index in [0.29, 0.717) is 0 Å². The molecular formula is C24H21F2NS. The van der Waals surface area contributed by atoms with Crippen molar-refractivity contribution < 1.29 is 8.78 Å². The van der Waals surface area contributed by atoms with Gasteiger partial charge in [0.25, 0.3) is 0 Å². The number of rotatable bonds is 5. The van der Waals surface area contributed by atoms with Crippen LogP contribution in [0.15, 0.2) is 35.3 Å². The van der Waals surface area contributed by atoms with Crippen molar-refractivity contribution in [3.8, 4) is 23.7 Å². The lowest BCUT2D eigenvalue weighted by Gasteiger charge is -2.02. The highest BCUT2D eigenvalue weighted by Gasteiger charge is 2.09. The van der Waals surface area contributed by atoms with E-state index >= 15 is 0 Å². The molecule has 2 aromatic rings. The van der Waals surface area contributed by atoms with Crippen LogP contribution in [0.4, 0.5) is 14.5 Å². The molecule has 0 unspecified atom stereocenters. The van der Waals surface area contributed by atoms with E-state index in [1.165, 1.54) is 12.8 Å². The fourth-order valence-electron chi connectivity index (χ4n) is 2.64. The molecule has 4 heteroatoms. The summed E-state index contributed by atoms with van der Waals surface area (Å²) in [5, 5.41) is 1.97. The topological polar surface area (TPSA) is 12.4 Å². The standard InChI is InChI=1S/C24H21F2NS/c1-3-5-6-7-8-9-18-10-12-21(20(4-2)14-18)13-11-19-15-22(25)24(27-17-28)23(26)16-19/h10,12,14-16H,3-7H2,1-2H3. The van der Waals surface area contributed by atoms with Gasteiger partial charge < -0.3 is 0 Å². The summed E-state index contributed by atoms with van der Waals surface area (Å²) >= 11 is 4.40. The van der Waals surface area contributed by atoms with E-state index < -0.39 is 17.3 Å². The summed E-state index contributed by atoms with van der Waals surface area (Å²) in [6.07, 6.45) is 5.20. The molecule has 0 spiro atoms. The molecule has 0 atom stereocenters. The Labute approximate surface area is 170 Å². The molecular weight excluding hydrogens is 372 g/mol. The predicted octanol–water partition coefficient (Wildman–Crippen LogP) is 6.59. The monoisotopic (exact) mass is 393 g/mol. The van der Waals surface area contributed by atoms with Crippen LogP contribution in [0.1, 0.15) is 61.8 Å². The zero-order valence-electron chi connectivity index (χ0n) is 16.0. The van der Waals surface area contributed by atoms with Gasteiger partial charge in [-0.2, -0.15) is 4.99 Å². The fourth-order valence-corrected chi connectivity index (χ4v) is 2.73. The smallest absolute Gasteiger partial charge is 0.153 e. The zero-order valence-corrected chi connectivity index (χ0v) is 16.9. The van der Waals surface area contributed by atoms with Gasteiger partial charge in [-0.1, -0.05) is 50.4 Å². The number of benzene rings is 2. The predicted molar refractivity (Wildman–Crippen MR) is 114 cm³/mol. The van der Waals surface area contributed by atoms with Crippen molar-refractivity contribution in [1.82, 2.24) is 0 Å². The Morgan fingerprint density at radius 2 is 1.68 bits per heavy atom. The number of unbranched alkanes of at least 4 members (excludes halogenated alkanes) is 3. The molecule has 2 rings (SSSR count). The van der Waals surface area contributed by atoms with E-state index in [9.17, 15) is 8.78 Å². The minimum Gasteiger partial charge on any atom is -0.204 e. The van der Waals surface area contributed by atoms with Crippen LogP contribution in [0, 0.1) is 35.3 Å². The molecule has 28 heavy (non-hydrogen) atoms. The van der Waals surface area contributed by atoms with Gasteiger partial charge in [0.15, 0.2) is 11.6 Å². The maximum absolute atomic E-state index is 13.9. The average molecular weight is 394 g/mol. The number of hydrogen-bond donors (Lipinski definition) is 0. The van der Waals surface area contributed by atoms with E-state index in [0.717, 1.165) is 48.1 Å². The first kappa shape index (κ1) is 21.5. The summed E-state index contributed by atoms with van der Waals surface area (Å²) < 4.78 is 27.8. The molecule has 0 aliphatic carbocycles. The van der Waals surface area contributed by atoms with Gasteiger partial charge in [0, 0.05) is 23.1 Å². The highest BCUT2D eigenvalue weighted by Crippen LogP contribution is 2.23. The Hall–Kier alpha value is -2.78. The first-order chi connectivity index (χ1) is 13.6. The molecule has 0 fully saturated rings. The zero-order chi connectivity index (χ0) is 20.4. The molecule has 0 heterocycles. The van der Waals surface area contributed by atoms with Crippen molar-refractivity contribution in [2.24, 2.45) is 4.99 Å². The van der Waals surface area contributed by atoms with Crippen molar-refractivity contribution in [1.29, 1.82) is 0 Å². The van der Waals surface area contributed by atoms with Gasteiger partial charge in [-0.05, 0) is 61.0 Å². The Morgan fingerprint density at radius 1 is 0.929 bits per heavy atom. The number of halogens is 2. The second kappa shape index (κ2) is 11.2. The van der Waals surface area contributed by atoms with Crippen LogP contribution in [-0.4, -0.2) is 5.16 Å². The third-order valence-electron chi connectivity index (χ3n) is 4.14. The van der Waals surface area contributed by atoms with Crippen LogP contribution >= 0.6 is 12.2 Å². The van der Waals surface area contributed by atoms with Crippen LogP contribution < -0.4 is 0 Å². The summed E-state index contributed by atoms with van der Waals surface area (Å²) in [5.74, 6) is 10.6. The molecule has 0 N–H and O–H groups in total. The molecule has 2 aromatic carbocycles. The van der Waals surface area contributed by atoms with Crippen LogP contribution in [0.25, 0.3) is 0 Å². The highest BCUT2D eigenvalue weighted by atomic mass is 32.1. The van der Waals surface area contributed by atoms with E-state index in [1.807, 2.05) is 30.3 Å². The lowest BCUT2D eigenvalue weighted by molar-refractivity contribution is 0.587. The molecule has 0 radical (unpaired) electrons. The van der Waals surface area contributed by atoms with E-state index in [4.69, 9.17) is 0 Å². The van der Waals surface area contributed by atoms with Gasteiger partial charge in [-0.3, -0.25) is 0 Å². The van der Waals surface area contributed by atoms with E-state index in [1.54, 1.807) is 0 Å². The Balaban J connectivity index is 2.25. The minimum atomic E-state index is -0.814. The van der Waals surface area contributed by atoms with Crippen molar-refractivity contribution >= 4 is 23.1 Å². The molecule has 0 bridgehead atoms. The summed E-state index contributed by atoms with van der Waals surface area (Å²) in [4.78, 5) is 3.40. The van der Waals surface area contributed by atoms with Gasteiger partial charge in [-0.25, -0.2) is 8.78 Å². The number of aliphatic imine (C=N–C) groups is 1. The lowest BCUT2D eigenvalue weighted by atomic mass is 10.0. The highest BCUT2D eigenvalue weighted by molar-refractivity contribution is 7.78. The third-order valence-corrected chi connectivity index (χ3v) is 4.23. The normalized spacial score (nSPS) is 9.57. The summed E-state index contributed by atoms with van der Waals surface area (Å²) in [7, 11) is 0. The first-order valence-electron chi connectivity index (χ1n) is 9.29.